The van der Waals surface area contributed by atoms with Crippen molar-refractivity contribution in [3.8, 4) is 11.5 Å². The van der Waals surface area contributed by atoms with Gasteiger partial charge in [0.1, 0.15) is 17.2 Å². The molecule has 3 aromatic rings. The maximum Gasteiger partial charge on any atom is 0.362 e. The topological polar surface area (TPSA) is 119 Å². The zero-order valence-corrected chi connectivity index (χ0v) is 19.0. The molecule has 0 bridgehead atoms. The van der Waals surface area contributed by atoms with Crippen LogP contribution in [0, 0.1) is 0 Å². The van der Waals surface area contributed by atoms with Gasteiger partial charge in [-0.05, 0) is 42.2 Å². The predicted molar refractivity (Wildman–Crippen MR) is 120 cm³/mol. The van der Waals surface area contributed by atoms with E-state index in [1.165, 1.54) is 43.4 Å². The Bertz CT molecular complexity index is 1090. The number of hydrogen-bond acceptors (Lipinski definition) is 8. The van der Waals surface area contributed by atoms with Crippen molar-refractivity contribution in [1.29, 1.82) is 0 Å². The van der Waals surface area contributed by atoms with Crippen LogP contribution in [0.25, 0.3) is 0 Å². The number of aryl methyl sites for hydroxylation is 1. The molecule has 3 rings (SSSR count). The summed E-state index contributed by atoms with van der Waals surface area (Å²) in [6, 6.07) is 8.11. The van der Waals surface area contributed by atoms with E-state index in [9.17, 15) is 23.5 Å². The van der Waals surface area contributed by atoms with Crippen molar-refractivity contribution in [3.63, 3.8) is 0 Å². The Balaban J connectivity index is 0.00000187. The third-order valence-corrected chi connectivity index (χ3v) is 4.25. The van der Waals surface area contributed by atoms with E-state index in [1.54, 1.807) is 0 Å². The SMILES string of the molecule is CC.Cn1nc(NC(=O)c2ccc(OC(=O)c3ccc(O)cn3)cc2)nc1C(F)(F)CCS. The Hall–Kier alpha value is -3.54. The third kappa shape index (κ3) is 6.72. The number of nitrogens with one attached hydrogen (secondary N) is 1. The van der Waals surface area contributed by atoms with E-state index < -0.39 is 30.0 Å². The lowest BCUT2D eigenvalue weighted by Gasteiger charge is -2.12. The van der Waals surface area contributed by atoms with Crippen LogP contribution in [0.15, 0.2) is 42.6 Å². The van der Waals surface area contributed by atoms with Crippen LogP contribution >= 0.6 is 12.6 Å². The van der Waals surface area contributed by atoms with Gasteiger partial charge >= 0.3 is 11.9 Å². The summed E-state index contributed by atoms with van der Waals surface area (Å²) in [5, 5.41) is 15.3. The van der Waals surface area contributed by atoms with Gasteiger partial charge in [0, 0.05) is 19.0 Å². The molecule has 0 radical (unpaired) electrons. The normalized spacial score (nSPS) is 10.7. The Morgan fingerprint density at radius 3 is 2.42 bits per heavy atom. The highest BCUT2D eigenvalue weighted by molar-refractivity contribution is 7.80. The summed E-state index contributed by atoms with van der Waals surface area (Å²) in [7, 11) is 1.30. The first-order chi connectivity index (χ1) is 15.7. The van der Waals surface area contributed by atoms with Gasteiger partial charge in [0.2, 0.25) is 5.95 Å². The molecule has 0 aliphatic heterocycles. The molecule has 2 N–H and O–H groups in total. The van der Waals surface area contributed by atoms with Crippen LogP contribution in [0.1, 0.15) is 46.9 Å². The van der Waals surface area contributed by atoms with Gasteiger partial charge in [-0.1, -0.05) is 13.8 Å². The van der Waals surface area contributed by atoms with Crippen LogP contribution in [-0.2, 0) is 13.0 Å². The van der Waals surface area contributed by atoms with Gasteiger partial charge in [-0.25, -0.2) is 14.5 Å². The number of thiol groups is 1. The van der Waals surface area contributed by atoms with Crippen LogP contribution in [-0.4, -0.2) is 42.5 Å². The van der Waals surface area contributed by atoms with Gasteiger partial charge in [0.05, 0.1) is 6.20 Å². The van der Waals surface area contributed by atoms with E-state index in [0.29, 0.717) is 0 Å². The molecule has 0 fully saturated rings. The van der Waals surface area contributed by atoms with Crippen LogP contribution in [0.5, 0.6) is 11.5 Å². The molecule has 0 aliphatic rings. The van der Waals surface area contributed by atoms with Gasteiger partial charge in [0.15, 0.2) is 5.82 Å². The number of alkyl halides is 2. The fourth-order valence-corrected chi connectivity index (χ4v) is 2.80. The number of esters is 1. The molecule has 2 aromatic heterocycles. The molecule has 33 heavy (non-hydrogen) atoms. The summed E-state index contributed by atoms with van der Waals surface area (Å²) in [5.41, 5.74) is 0.157. The number of hydrogen-bond donors (Lipinski definition) is 3. The lowest BCUT2D eigenvalue weighted by molar-refractivity contribution is -0.0196. The van der Waals surface area contributed by atoms with E-state index in [2.05, 4.69) is 33.0 Å². The summed E-state index contributed by atoms with van der Waals surface area (Å²) in [4.78, 5) is 31.8. The average molecular weight is 480 g/mol. The van der Waals surface area contributed by atoms with E-state index >= 15 is 0 Å². The molecule has 176 valence electrons. The lowest BCUT2D eigenvalue weighted by Crippen LogP contribution is -2.20. The number of carbonyl (C=O) groups excluding carboxylic acids is 2. The molecular weight excluding hydrogens is 456 g/mol. The summed E-state index contributed by atoms with van der Waals surface area (Å²) >= 11 is 3.81. The molecule has 0 spiro atoms. The fraction of sp³-hybridized carbons (Fsp3) is 0.286. The number of carbonyl (C=O) groups is 2. The Kier molecular flexibility index (Phi) is 8.85. The minimum Gasteiger partial charge on any atom is -0.506 e. The number of ether oxygens (including phenoxy) is 1. The minimum absolute atomic E-state index is 0.00799. The molecule has 1 amide bonds. The number of rotatable bonds is 7. The van der Waals surface area contributed by atoms with Crippen molar-refractivity contribution in [2.24, 2.45) is 7.05 Å². The molecule has 2 heterocycles. The van der Waals surface area contributed by atoms with Gasteiger partial charge in [-0.15, -0.1) is 5.10 Å². The average Bonchev–Trinajstić information content (AvgIpc) is 3.17. The van der Waals surface area contributed by atoms with Crippen molar-refractivity contribution in [3.05, 3.63) is 59.7 Å². The van der Waals surface area contributed by atoms with Crippen molar-refractivity contribution < 1.29 is 28.2 Å². The second-order valence-corrected chi connectivity index (χ2v) is 6.78. The highest BCUT2D eigenvalue weighted by atomic mass is 32.1. The standard InChI is InChI=1S/C19H17F2N5O4S.C2H6/c1-26-17(19(20,21)8-9-31)24-18(25-26)23-15(28)11-2-5-13(6-3-11)30-16(29)14-7-4-12(27)10-22-14;1-2/h2-7,10,27,31H,8-9H2,1H3,(H,23,25,28);1-2H3. The largest absolute Gasteiger partial charge is 0.506 e. The number of anilines is 1. The molecule has 1 aromatic carbocycles. The number of benzene rings is 1. The number of aromatic nitrogens is 4. The number of amides is 1. The Morgan fingerprint density at radius 2 is 1.85 bits per heavy atom. The first kappa shape index (κ1) is 25.7. The highest BCUT2D eigenvalue weighted by Crippen LogP contribution is 2.30. The summed E-state index contributed by atoms with van der Waals surface area (Å²) in [6.45, 7) is 4.00. The summed E-state index contributed by atoms with van der Waals surface area (Å²) < 4.78 is 34.1. The van der Waals surface area contributed by atoms with Crippen LogP contribution in [0.2, 0.25) is 0 Å². The minimum atomic E-state index is -3.23. The quantitative estimate of drug-likeness (QED) is 0.268. The molecular formula is C21H23F2N5O4S. The second kappa shape index (κ2) is 11.4. The van der Waals surface area contributed by atoms with Crippen molar-refractivity contribution in [2.45, 2.75) is 26.2 Å². The Morgan fingerprint density at radius 1 is 1.18 bits per heavy atom. The molecule has 0 saturated heterocycles. The maximum atomic E-state index is 14.0. The fourth-order valence-electron chi connectivity index (χ4n) is 2.52. The smallest absolute Gasteiger partial charge is 0.362 e. The molecule has 0 saturated carbocycles. The van der Waals surface area contributed by atoms with Crippen LogP contribution in [0.4, 0.5) is 14.7 Å². The van der Waals surface area contributed by atoms with Crippen molar-refractivity contribution in [2.75, 3.05) is 11.1 Å². The maximum absolute atomic E-state index is 14.0. The van der Waals surface area contributed by atoms with Crippen LogP contribution < -0.4 is 10.1 Å². The zero-order chi connectivity index (χ0) is 24.6. The molecule has 0 atom stereocenters. The summed E-state index contributed by atoms with van der Waals surface area (Å²) in [6.07, 6.45) is 0.589. The van der Waals surface area contributed by atoms with Crippen molar-refractivity contribution >= 4 is 30.5 Å². The molecule has 12 heteroatoms. The zero-order valence-electron chi connectivity index (χ0n) is 18.1. The predicted octanol–water partition coefficient (Wildman–Crippen LogP) is 3.83. The third-order valence-electron chi connectivity index (χ3n) is 4.03. The number of aromatic hydroxyl groups is 1. The first-order valence-corrected chi connectivity index (χ1v) is 10.5. The van der Waals surface area contributed by atoms with Gasteiger partial charge in [-0.3, -0.25) is 10.1 Å². The number of pyridine rings is 1. The summed E-state index contributed by atoms with van der Waals surface area (Å²) in [5.74, 6) is -5.44. The first-order valence-electron chi connectivity index (χ1n) is 9.88. The van der Waals surface area contributed by atoms with Gasteiger partial charge < -0.3 is 9.84 Å². The lowest BCUT2D eigenvalue weighted by atomic mass is 10.2. The van der Waals surface area contributed by atoms with Crippen molar-refractivity contribution in [1.82, 2.24) is 19.7 Å². The number of nitrogens with zero attached hydrogens (tertiary/aromatic N) is 4. The van der Waals surface area contributed by atoms with E-state index in [-0.39, 0.29) is 34.5 Å². The Labute approximate surface area is 194 Å². The van der Waals surface area contributed by atoms with E-state index in [1.807, 2.05) is 13.8 Å². The second-order valence-electron chi connectivity index (χ2n) is 6.33. The van der Waals surface area contributed by atoms with Gasteiger partial charge in [-0.2, -0.15) is 26.4 Å². The van der Waals surface area contributed by atoms with E-state index in [4.69, 9.17) is 4.74 Å². The van der Waals surface area contributed by atoms with E-state index in [0.717, 1.165) is 10.9 Å². The highest BCUT2D eigenvalue weighted by Gasteiger charge is 2.36. The molecule has 9 nitrogen and oxygen atoms in total. The molecule has 0 aliphatic carbocycles. The van der Waals surface area contributed by atoms with Crippen LogP contribution in [0.3, 0.4) is 0 Å². The number of halogens is 2. The molecule has 0 unspecified atom stereocenters. The monoisotopic (exact) mass is 479 g/mol. The van der Waals surface area contributed by atoms with Gasteiger partial charge in [0.25, 0.3) is 5.91 Å².